The second-order valence-electron chi connectivity index (χ2n) is 6.37. The van der Waals surface area contributed by atoms with Gasteiger partial charge in [-0.25, -0.2) is 13.1 Å². The lowest BCUT2D eigenvalue weighted by atomic mass is 10.2. The summed E-state index contributed by atoms with van der Waals surface area (Å²) in [5.74, 6) is -0.100. The molecule has 4 rings (SSSR count). The van der Waals surface area contributed by atoms with E-state index < -0.39 is 10.0 Å². The third kappa shape index (κ3) is 2.93. The van der Waals surface area contributed by atoms with Gasteiger partial charge in [0.25, 0.3) is 5.91 Å². The Bertz CT molecular complexity index is 868. The lowest BCUT2D eigenvalue weighted by Gasteiger charge is -2.37. The number of hydrogen-bond acceptors (Lipinski definition) is 5. The smallest absolute Gasteiger partial charge is 0.276 e. The highest BCUT2D eigenvalue weighted by Crippen LogP contribution is 2.27. The molecule has 0 bridgehead atoms. The largest absolute Gasteiger partial charge is 0.337 e. The van der Waals surface area contributed by atoms with Gasteiger partial charge < -0.3 is 4.90 Å². The SMILES string of the molecule is O=C(c1cn(C2CN(S(=O)(=O)c3ccccc3)C2)nn1)N1CCCC1. The fraction of sp³-hybridized carbons (Fsp3) is 0.438. The summed E-state index contributed by atoms with van der Waals surface area (Å²) in [5.41, 5.74) is 0.325. The zero-order valence-electron chi connectivity index (χ0n) is 13.7. The van der Waals surface area contributed by atoms with Crippen LogP contribution in [0.2, 0.25) is 0 Å². The summed E-state index contributed by atoms with van der Waals surface area (Å²) in [7, 11) is -3.47. The third-order valence-corrected chi connectivity index (χ3v) is 6.55. The molecule has 0 unspecified atom stereocenters. The molecule has 1 aromatic heterocycles. The van der Waals surface area contributed by atoms with E-state index >= 15 is 0 Å². The zero-order valence-corrected chi connectivity index (χ0v) is 14.5. The van der Waals surface area contributed by atoms with Crippen molar-refractivity contribution in [2.75, 3.05) is 26.2 Å². The number of sulfonamides is 1. The van der Waals surface area contributed by atoms with Gasteiger partial charge in [0.15, 0.2) is 5.69 Å². The number of hydrogen-bond donors (Lipinski definition) is 0. The average Bonchev–Trinajstić information content (AvgIpc) is 3.25. The highest BCUT2D eigenvalue weighted by molar-refractivity contribution is 7.89. The van der Waals surface area contributed by atoms with Crippen LogP contribution in [0.5, 0.6) is 0 Å². The van der Waals surface area contributed by atoms with Crippen LogP contribution in [0.15, 0.2) is 41.4 Å². The van der Waals surface area contributed by atoms with Crippen LogP contribution in [0.4, 0.5) is 0 Å². The first-order valence-electron chi connectivity index (χ1n) is 8.32. The molecule has 25 heavy (non-hydrogen) atoms. The van der Waals surface area contributed by atoms with Crippen LogP contribution < -0.4 is 0 Å². The van der Waals surface area contributed by atoms with Crippen LogP contribution in [-0.2, 0) is 10.0 Å². The molecule has 1 amide bonds. The number of rotatable bonds is 4. The first-order valence-corrected chi connectivity index (χ1v) is 9.76. The minimum Gasteiger partial charge on any atom is -0.337 e. The highest BCUT2D eigenvalue weighted by Gasteiger charge is 2.38. The Balaban J connectivity index is 1.42. The van der Waals surface area contributed by atoms with Gasteiger partial charge in [0.2, 0.25) is 10.0 Å². The molecule has 2 aliphatic heterocycles. The molecular formula is C16H19N5O3S. The van der Waals surface area contributed by atoms with Gasteiger partial charge in [0.1, 0.15) is 0 Å². The van der Waals surface area contributed by atoms with Crippen molar-refractivity contribution in [3.05, 3.63) is 42.2 Å². The maximum atomic E-state index is 12.5. The molecule has 0 aliphatic carbocycles. The van der Waals surface area contributed by atoms with Crippen LogP contribution in [0.25, 0.3) is 0 Å². The van der Waals surface area contributed by atoms with Crippen molar-refractivity contribution in [3.63, 3.8) is 0 Å². The Morgan fingerprint density at radius 1 is 1.08 bits per heavy atom. The van der Waals surface area contributed by atoms with Gasteiger partial charge in [-0.05, 0) is 25.0 Å². The van der Waals surface area contributed by atoms with E-state index in [9.17, 15) is 13.2 Å². The Hall–Kier alpha value is -2.26. The Morgan fingerprint density at radius 2 is 1.76 bits per heavy atom. The van der Waals surface area contributed by atoms with Gasteiger partial charge in [-0.3, -0.25) is 4.79 Å². The minimum absolute atomic E-state index is 0.0916. The van der Waals surface area contributed by atoms with Gasteiger partial charge in [-0.2, -0.15) is 4.31 Å². The van der Waals surface area contributed by atoms with E-state index in [0.29, 0.717) is 18.8 Å². The molecule has 3 heterocycles. The molecule has 2 aliphatic rings. The number of carbonyl (C=O) groups excluding carboxylic acids is 1. The normalized spacial score (nSPS) is 19.1. The summed E-state index contributed by atoms with van der Waals surface area (Å²) >= 11 is 0. The first-order chi connectivity index (χ1) is 12.1. The molecule has 0 N–H and O–H groups in total. The second-order valence-corrected chi connectivity index (χ2v) is 8.31. The predicted molar refractivity (Wildman–Crippen MR) is 89.4 cm³/mol. The molecule has 2 aromatic rings. The molecule has 9 heteroatoms. The van der Waals surface area contributed by atoms with Crippen LogP contribution >= 0.6 is 0 Å². The summed E-state index contributed by atoms with van der Waals surface area (Å²) in [6.07, 6.45) is 3.67. The molecule has 0 radical (unpaired) electrons. The van der Waals surface area contributed by atoms with Crippen molar-refractivity contribution in [3.8, 4) is 0 Å². The number of aromatic nitrogens is 3. The van der Waals surface area contributed by atoms with E-state index in [1.807, 2.05) is 0 Å². The van der Waals surface area contributed by atoms with Gasteiger partial charge in [0.05, 0.1) is 17.1 Å². The zero-order chi connectivity index (χ0) is 17.4. The summed E-state index contributed by atoms with van der Waals surface area (Å²) in [6.45, 7) is 2.19. The van der Waals surface area contributed by atoms with E-state index in [4.69, 9.17) is 0 Å². The first kappa shape index (κ1) is 16.2. The third-order valence-electron chi connectivity index (χ3n) is 4.71. The van der Waals surface area contributed by atoms with Crippen LogP contribution in [0.3, 0.4) is 0 Å². The fourth-order valence-electron chi connectivity index (χ4n) is 3.16. The quantitative estimate of drug-likeness (QED) is 0.802. The van der Waals surface area contributed by atoms with Crippen molar-refractivity contribution < 1.29 is 13.2 Å². The number of amides is 1. The monoisotopic (exact) mass is 361 g/mol. The number of carbonyl (C=O) groups is 1. The molecule has 1 aromatic carbocycles. The van der Waals surface area contributed by atoms with Crippen molar-refractivity contribution in [1.29, 1.82) is 0 Å². The van der Waals surface area contributed by atoms with Crippen LogP contribution in [-0.4, -0.2) is 64.7 Å². The van der Waals surface area contributed by atoms with E-state index in [2.05, 4.69) is 10.3 Å². The maximum Gasteiger partial charge on any atom is 0.276 e. The molecular weight excluding hydrogens is 342 g/mol. The van der Waals surface area contributed by atoms with Crippen molar-refractivity contribution in [1.82, 2.24) is 24.2 Å². The molecule has 0 spiro atoms. The summed E-state index contributed by atoms with van der Waals surface area (Å²) in [5, 5.41) is 7.98. The van der Waals surface area contributed by atoms with Crippen LogP contribution in [0.1, 0.15) is 29.4 Å². The van der Waals surface area contributed by atoms with E-state index in [-0.39, 0.29) is 16.8 Å². The standard InChI is InChI=1S/C16H19N5O3S/c22-16(19-8-4-5-9-19)15-12-21(18-17-15)13-10-20(11-13)25(23,24)14-6-2-1-3-7-14/h1-3,6-7,12-13H,4-5,8-11H2. The van der Waals surface area contributed by atoms with E-state index in [0.717, 1.165) is 25.9 Å². The van der Waals surface area contributed by atoms with Crippen molar-refractivity contribution >= 4 is 15.9 Å². The number of nitrogens with zero attached hydrogens (tertiary/aromatic N) is 5. The Morgan fingerprint density at radius 3 is 2.44 bits per heavy atom. The van der Waals surface area contributed by atoms with Crippen LogP contribution in [0, 0.1) is 0 Å². The van der Waals surface area contributed by atoms with Gasteiger partial charge in [-0.1, -0.05) is 23.4 Å². The number of benzene rings is 1. The Labute approximate surface area is 146 Å². The van der Waals surface area contributed by atoms with Crippen molar-refractivity contribution in [2.24, 2.45) is 0 Å². The van der Waals surface area contributed by atoms with Gasteiger partial charge in [0, 0.05) is 26.2 Å². The molecule has 2 fully saturated rings. The van der Waals surface area contributed by atoms with Gasteiger partial charge in [-0.15, -0.1) is 5.10 Å². The average molecular weight is 361 g/mol. The molecule has 132 valence electrons. The maximum absolute atomic E-state index is 12.5. The van der Waals surface area contributed by atoms with Crippen molar-refractivity contribution in [2.45, 2.75) is 23.8 Å². The summed E-state index contributed by atoms with van der Waals surface area (Å²) in [4.78, 5) is 14.4. The number of likely N-dealkylation sites (tertiary alicyclic amines) is 1. The second kappa shape index (κ2) is 6.23. The molecule has 8 nitrogen and oxygen atoms in total. The summed E-state index contributed by atoms with van der Waals surface area (Å²) < 4.78 is 28.0. The Kier molecular flexibility index (Phi) is 4.04. The van der Waals surface area contributed by atoms with E-state index in [1.54, 1.807) is 46.1 Å². The van der Waals surface area contributed by atoms with Gasteiger partial charge >= 0.3 is 0 Å². The molecule has 2 saturated heterocycles. The lowest BCUT2D eigenvalue weighted by Crippen LogP contribution is -2.50. The summed E-state index contributed by atoms with van der Waals surface area (Å²) in [6, 6.07) is 8.28. The lowest BCUT2D eigenvalue weighted by molar-refractivity contribution is 0.0786. The predicted octanol–water partition coefficient (Wildman–Crippen LogP) is 0.760. The minimum atomic E-state index is -3.47. The molecule has 0 saturated carbocycles. The fourth-order valence-corrected chi connectivity index (χ4v) is 4.69. The highest BCUT2D eigenvalue weighted by atomic mass is 32.2. The molecule has 0 atom stereocenters. The van der Waals surface area contributed by atoms with E-state index in [1.165, 1.54) is 4.31 Å². The topological polar surface area (TPSA) is 88.4 Å².